The fraction of sp³-hybridized carbons (Fsp3) is 0.308. The third-order valence-corrected chi connectivity index (χ3v) is 3.15. The van der Waals surface area contributed by atoms with E-state index < -0.39 is 0 Å². The van der Waals surface area contributed by atoms with Crippen LogP contribution in [0.15, 0.2) is 36.7 Å². The highest BCUT2D eigenvalue weighted by molar-refractivity contribution is 5.85. The van der Waals surface area contributed by atoms with E-state index in [0.29, 0.717) is 6.04 Å². The monoisotopic (exact) mass is 198 g/mol. The molecule has 1 aliphatic rings. The van der Waals surface area contributed by atoms with Gasteiger partial charge in [0.15, 0.2) is 0 Å². The van der Waals surface area contributed by atoms with Crippen LogP contribution in [-0.4, -0.2) is 11.5 Å². The Morgan fingerprint density at radius 2 is 2.27 bits per heavy atom. The molecule has 0 aliphatic carbocycles. The van der Waals surface area contributed by atoms with Crippen molar-refractivity contribution in [3.05, 3.63) is 42.2 Å². The lowest BCUT2D eigenvalue weighted by molar-refractivity contribution is 0.652. The van der Waals surface area contributed by atoms with Crippen molar-refractivity contribution in [2.45, 2.75) is 18.9 Å². The Kier molecular flexibility index (Phi) is 2.14. The summed E-state index contributed by atoms with van der Waals surface area (Å²) in [7, 11) is 0. The van der Waals surface area contributed by atoms with Crippen molar-refractivity contribution in [1.29, 1.82) is 0 Å². The number of fused-ring (bicyclic) bond motifs is 1. The largest absolute Gasteiger partial charge is 0.310 e. The van der Waals surface area contributed by atoms with Crippen molar-refractivity contribution >= 4 is 10.8 Å². The first-order valence-electron chi connectivity index (χ1n) is 5.51. The third kappa shape index (κ3) is 1.51. The van der Waals surface area contributed by atoms with Crippen LogP contribution in [0.2, 0.25) is 0 Å². The van der Waals surface area contributed by atoms with Crippen LogP contribution in [0.25, 0.3) is 10.8 Å². The van der Waals surface area contributed by atoms with Crippen molar-refractivity contribution in [1.82, 2.24) is 10.3 Å². The fourth-order valence-electron chi connectivity index (χ4n) is 2.39. The number of nitrogens with zero attached hydrogens (tertiary/aromatic N) is 1. The summed E-state index contributed by atoms with van der Waals surface area (Å²) in [6.45, 7) is 1.14. The highest BCUT2D eigenvalue weighted by Crippen LogP contribution is 2.28. The van der Waals surface area contributed by atoms with Gasteiger partial charge in [-0.3, -0.25) is 4.98 Å². The van der Waals surface area contributed by atoms with Crippen LogP contribution in [0.3, 0.4) is 0 Å². The smallest absolute Gasteiger partial charge is 0.0349 e. The Bertz CT molecular complexity index is 467. The van der Waals surface area contributed by atoms with Gasteiger partial charge in [-0.25, -0.2) is 0 Å². The molecule has 0 saturated carbocycles. The summed E-state index contributed by atoms with van der Waals surface area (Å²) >= 11 is 0. The summed E-state index contributed by atoms with van der Waals surface area (Å²) in [5.41, 5.74) is 1.40. The van der Waals surface area contributed by atoms with Crippen LogP contribution in [0, 0.1) is 0 Å². The van der Waals surface area contributed by atoms with Crippen molar-refractivity contribution in [2.24, 2.45) is 0 Å². The van der Waals surface area contributed by atoms with E-state index in [9.17, 15) is 0 Å². The Morgan fingerprint density at radius 1 is 1.27 bits per heavy atom. The summed E-state index contributed by atoms with van der Waals surface area (Å²) < 4.78 is 0. The SMILES string of the molecule is c1cc(C2CCCN2)c2cnccc2c1. The van der Waals surface area contributed by atoms with Gasteiger partial charge in [0, 0.05) is 23.8 Å². The number of hydrogen-bond donors (Lipinski definition) is 1. The normalized spacial score (nSPS) is 20.9. The van der Waals surface area contributed by atoms with E-state index in [0.717, 1.165) is 6.54 Å². The maximum Gasteiger partial charge on any atom is 0.0349 e. The molecule has 2 heteroatoms. The van der Waals surface area contributed by atoms with Crippen LogP contribution in [0.4, 0.5) is 0 Å². The van der Waals surface area contributed by atoms with E-state index in [1.165, 1.54) is 29.2 Å². The number of benzene rings is 1. The number of aromatic nitrogens is 1. The molecule has 1 fully saturated rings. The van der Waals surface area contributed by atoms with E-state index in [1.54, 1.807) is 0 Å². The molecule has 1 aliphatic heterocycles. The molecule has 2 heterocycles. The highest BCUT2D eigenvalue weighted by atomic mass is 14.9. The molecule has 1 unspecified atom stereocenters. The first-order chi connectivity index (χ1) is 7.45. The van der Waals surface area contributed by atoms with Gasteiger partial charge in [0.25, 0.3) is 0 Å². The zero-order valence-electron chi connectivity index (χ0n) is 8.61. The van der Waals surface area contributed by atoms with E-state index in [4.69, 9.17) is 0 Å². The van der Waals surface area contributed by atoms with Gasteiger partial charge in [0.05, 0.1) is 0 Å². The molecule has 76 valence electrons. The lowest BCUT2D eigenvalue weighted by Gasteiger charge is -2.13. The summed E-state index contributed by atoms with van der Waals surface area (Å²) in [4.78, 5) is 4.22. The molecule has 0 spiro atoms. The zero-order valence-corrected chi connectivity index (χ0v) is 8.61. The van der Waals surface area contributed by atoms with Gasteiger partial charge >= 0.3 is 0 Å². The Balaban J connectivity index is 2.16. The molecule has 2 aromatic rings. The van der Waals surface area contributed by atoms with Crippen LogP contribution in [0.5, 0.6) is 0 Å². The lowest BCUT2D eigenvalue weighted by atomic mass is 9.99. The molecule has 1 aromatic heterocycles. The van der Waals surface area contributed by atoms with Crippen molar-refractivity contribution in [3.8, 4) is 0 Å². The topological polar surface area (TPSA) is 24.9 Å². The van der Waals surface area contributed by atoms with Gasteiger partial charge in [-0.1, -0.05) is 18.2 Å². The summed E-state index contributed by atoms with van der Waals surface area (Å²) in [5, 5.41) is 6.12. The van der Waals surface area contributed by atoms with Crippen molar-refractivity contribution in [2.75, 3.05) is 6.54 Å². The fourth-order valence-corrected chi connectivity index (χ4v) is 2.39. The molecular formula is C13H14N2. The molecule has 0 bridgehead atoms. The van der Waals surface area contributed by atoms with Crippen LogP contribution >= 0.6 is 0 Å². The minimum absolute atomic E-state index is 0.526. The average molecular weight is 198 g/mol. The first kappa shape index (κ1) is 8.86. The predicted molar refractivity (Wildman–Crippen MR) is 61.7 cm³/mol. The number of hydrogen-bond acceptors (Lipinski definition) is 2. The number of rotatable bonds is 1. The molecule has 0 radical (unpaired) electrons. The van der Waals surface area contributed by atoms with E-state index in [2.05, 4.69) is 34.6 Å². The summed E-state index contributed by atoms with van der Waals surface area (Å²) in [6.07, 6.45) is 6.36. The van der Waals surface area contributed by atoms with Crippen LogP contribution in [-0.2, 0) is 0 Å². The summed E-state index contributed by atoms with van der Waals surface area (Å²) in [6, 6.07) is 9.10. The van der Waals surface area contributed by atoms with Gasteiger partial charge in [0.1, 0.15) is 0 Å². The molecule has 1 N–H and O–H groups in total. The first-order valence-corrected chi connectivity index (χ1v) is 5.51. The standard InChI is InChI=1S/C13H14N2/c1-3-10-6-8-14-9-12(10)11(4-1)13-5-2-7-15-13/h1,3-4,6,8-9,13,15H,2,5,7H2. The van der Waals surface area contributed by atoms with Crippen LogP contribution < -0.4 is 5.32 Å². The lowest BCUT2D eigenvalue weighted by Crippen LogP contribution is -2.13. The number of nitrogens with one attached hydrogen (secondary N) is 1. The molecule has 3 rings (SSSR count). The van der Waals surface area contributed by atoms with Crippen LogP contribution in [0.1, 0.15) is 24.4 Å². The second-order valence-corrected chi connectivity index (χ2v) is 4.09. The maximum absolute atomic E-state index is 4.22. The van der Waals surface area contributed by atoms with Gasteiger partial charge < -0.3 is 5.32 Å². The predicted octanol–water partition coefficient (Wildman–Crippen LogP) is 2.66. The van der Waals surface area contributed by atoms with E-state index in [-0.39, 0.29) is 0 Å². The second-order valence-electron chi connectivity index (χ2n) is 4.09. The molecule has 0 amide bonds. The molecule has 1 aromatic carbocycles. The number of pyridine rings is 1. The quantitative estimate of drug-likeness (QED) is 0.762. The van der Waals surface area contributed by atoms with Gasteiger partial charge in [-0.2, -0.15) is 0 Å². The van der Waals surface area contributed by atoms with Crippen molar-refractivity contribution in [3.63, 3.8) is 0 Å². The van der Waals surface area contributed by atoms with E-state index in [1.807, 2.05) is 12.4 Å². The minimum Gasteiger partial charge on any atom is -0.310 e. The molecule has 1 atom stereocenters. The van der Waals surface area contributed by atoms with Crippen molar-refractivity contribution < 1.29 is 0 Å². The zero-order chi connectivity index (χ0) is 10.1. The Hall–Kier alpha value is -1.41. The highest BCUT2D eigenvalue weighted by Gasteiger charge is 2.17. The average Bonchev–Trinajstić information content (AvgIpc) is 2.82. The molecule has 1 saturated heterocycles. The van der Waals surface area contributed by atoms with Gasteiger partial charge in [-0.05, 0) is 36.4 Å². The maximum atomic E-state index is 4.22. The Morgan fingerprint density at radius 3 is 3.13 bits per heavy atom. The van der Waals surface area contributed by atoms with Gasteiger partial charge in [-0.15, -0.1) is 0 Å². The van der Waals surface area contributed by atoms with E-state index >= 15 is 0 Å². The second kappa shape index (κ2) is 3.63. The molecular weight excluding hydrogens is 184 g/mol. The van der Waals surface area contributed by atoms with Gasteiger partial charge in [0.2, 0.25) is 0 Å². The molecule has 15 heavy (non-hydrogen) atoms. The molecule has 2 nitrogen and oxygen atoms in total. The minimum atomic E-state index is 0.526. The summed E-state index contributed by atoms with van der Waals surface area (Å²) in [5.74, 6) is 0. The Labute approximate surface area is 89.3 Å². The third-order valence-electron chi connectivity index (χ3n) is 3.15.